The molecule has 1 radical (unpaired) electrons. The Morgan fingerprint density at radius 2 is 1.92 bits per heavy atom. The van der Waals surface area contributed by atoms with Gasteiger partial charge in [-0.2, -0.15) is 0 Å². The number of carbonyl (C=O) groups excluding carboxylic acids is 2. The monoisotopic (exact) mass is 179 g/mol. The lowest BCUT2D eigenvalue weighted by atomic mass is 9.84. The van der Waals surface area contributed by atoms with Gasteiger partial charge in [-0.1, -0.05) is 6.92 Å². The van der Waals surface area contributed by atoms with E-state index in [9.17, 15) is 9.59 Å². The number of aliphatic imine (C=N–C) groups is 2. The van der Waals surface area contributed by atoms with Crippen molar-refractivity contribution in [1.82, 2.24) is 0 Å². The molecule has 1 aliphatic carbocycles. The average Bonchev–Trinajstić information content (AvgIpc) is 2.04. The van der Waals surface area contributed by atoms with Gasteiger partial charge in [0.15, 0.2) is 0 Å². The summed E-state index contributed by atoms with van der Waals surface area (Å²) in [6.45, 7) is 2.01. The fourth-order valence-corrected chi connectivity index (χ4v) is 1.68. The van der Waals surface area contributed by atoms with E-state index in [1.165, 1.54) is 6.08 Å². The number of nitrogens with zero attached hydrogens (tertiary/aromatic N) is 2. The van der Waals surface area contributed by atoms with Crippen LogP contribution in [0.3, 0.4) is 0 Å². The highest BCUT2D eigenvalue weighted by atomic mass is 16.1. The first-order valence-corrected chi connectivity index (χ1v) is 4.25. The molecule has 1 saturated carbocycles. The van der Waals surface area contributed by atoms with Gasteiger partial charge in [-0.3, -0.25) is 0 Å². The summed E-state index contributed by atoms with van der Waals surface area (Å²) in [6, 6.07) is -0.178. The van der Waals surface area contributed by atoms with Crippen LogP contribution in [0.5, 0.6) is 0 Å². The van der Waals surface area contributed by atoms with E-state index in [1.54, 1.807) is 6.08 Å². The second kappa shape index (κ2) is 4.70. The number of hydrogen-bond donors (Lipinski definition) is 0. The minimum Gasteiger partial charge on any atom is -0.211 e. The number of rotatable bonds is 2. The van der Waals surface area contributed by atoms with Crippen LogP contribution in [0.4, 0.5) is 0 Å². The summed E-state index contributed by atoms with van der Waals surface area (Å²) in [5.41, 5.74) is 0. The van der Waals surface area contributed by atoms with Crippen molar-refractivity contribution in [3.63, 3.8) is 0 Å². The van der Waals surface area contributed by atoms with Gasteiger partial charge in [0.1, 0.15) is 0 Å². The summed E-state index contributed by atoms with van der Waals surface area (Å²) in [4.78, 5) is 27.3. The first-order chi connectivity index (χ1) is 6.26. The summed E-state index contributed by atoms with van der Waals surface area (Å²) < 4.78 is 0. The van der Waals surface area contributed by atoms with Crippen LogP contribution in [0, 0.1) is 12.3 Å². The zero-order chi connectivity index (χ0) is 9.68. The SMILES string of the molecule is CC1[CH]C(N=C=O)CC(N=C=O)C1. The molecular weight excluding hydrogens is 168 g/mol. The molecule has 0 bridgehead atoms. The van der Waals surface area contributed by atoms with Crippen molar-refractivity contribution in [2.75, 3.05) is 0 Å². The zero-order valence-electron chi connectivity index (χ0n) is 7.43. The average molecular weight is 179 g/mol. The molecule has 0 aliphatic heterocycles. The summed E-state index contributed by atoms with van der Waals surface area (Å²) in [5.74, 6) is 0.331. The van der Waals surface area contributed by atoms with Gasteiger partial charge in [0.05, 0.1) is 12.1 Å². The molecule has 4 nitrogen and oxygen atoms in total. The predicted octanol–water partition coefficient (Wildman–Crippen LogP) is 1.03. The van der Waals surface area contributed by atoms with Gasteiger partial charge in [0, 0.05) is 0 Å². The molecule has 1 fully saturated rings. The lowest BCUT2D eigenvalue weighted by molar-refractivity contribution is 0.386. The van der Waals surface area contributed by atoms with Crippen molar-refractivity contribution in [3.05, 3.63) is 6.42 Å². The molecule has 0 saturated heterocycles. The lowest BCUT2D eigenvalue weighted by Gasteiger charge is -2.26. The van der Waals surface area contributed by atoms with Crippen molar-refractivity contribution in [1.29, 1.82) is 0 Å². The molecule has 0 spiro atoms. The fraction of sp³-hybridized carbons (Fsp3) is 0.667. The van der Waals surface area contributed by atoms with Gasteiger partial charge in [-0.05, 0) is 25.2 Å². The second-order valence-corrected chi connectivity index (χ2v) is 3.30. The molecule has 69 valence electrons. The maximum Gasteiger partial charge on any atom is 0.235 e. The van der Waals surface area contributed by atoms with E-state index in [-0.39, 0.29) is 12.1 Å². The largest absolute Gasteiger partial charge is 0.235 e. The fourth-order valence-electron chi connectivity index (χ4n) is 1.68. The van der Waals surface area contributed by atoms with E-state index in [2.05, 4.69) is 9.98 Å². The minimum absolute atomic E-state index is 0.0420. The summed E-state index contributed by atoms with van der Waals surface area (Å²) in [6.07, 6.45) is 6.51. The second-order valence-electron chi connectivity index (χ2n) is 3.30. The Balaban J connectivity index is 2.61. The van der Waals surface area contributed by atoms with Crippen LogP contribution >= 0.6 is 0 Å². The Kier molecular flexibility index (Phi) is 3.56. The first kappa shape index (κ1) is 9.85. The Morgan fingerprint density at radius 1 is 1.23 bits per heavy atom. The maximum absolute atomic E-state index is 10.0. The smallest absolute Gasteiger partial charge is 0.211 e. The van der Waals surface area contributed by atoms with Gasteiger partial charge < -0.3 is 0 Å². The first-order valence-electron chi connectivity index (χ1n) is 4.25. The molecule has 0 aromatic rings. The topological polar surface area (TPSA) is 58.9 Å². The Morgan fingerprint density at radius 3 is 2.54 bits per heavy atom. The molecule has 3 atom stereocenters. The highest BCUT2D eigenvalue weighted by Crippen LogP contribution is 2.26. The van der Waals surface area contributed by atoms with E-state index in [4.69, 9.17) is 0 Å². The van der Waals surface area contributed by atoms with Crippen LogP contribution in [-0.2, 0) is 9.59 Å². The molecule has 4 heteroatoms. The highest BCUT2D eigenvalue weighted by molar-refractivity contribution is 5.35. The third kappa shape index (κ3) is 2.94. The van der Waals surface area contributed by atoms with Crippen LogP contribution in [0.2, 0.25) is 0 Å². The van der Waals surface area contributed by atoms with E-state index in [0.717, 1.165) is 6.42 Å². The molecule has 0 aromatic heterocycles. The highest BCUT2D eigenvalue weighted by Gasteiger charge is 2.26. The van der Waals surface area contributed by atoms with Gasteiger partial charge in [-0.15, -0.1) is 0 Å². The molecule has 1 aliphatic rings. The molecule has 1 rings (SSSR count). The molecule has 0 N–H and O–H groups in total. The summed E-state index contributed by atoms with van der Waals surface area (Å²) in [7, 11) is 0. The molecule has 0 heterocycles. The Labute approximate surface area is 76.8 Å². The van der Waals surface area contributed by atoms with Gasteiger partial charge in [-0.25, -0.2) is 19.6 Å². The van der Waals surface area contributed by atoms with Crippen LogP contribution in [0.25, 0.3) is 0 Å². The molecule has 0 amide bonds. The minimum atomic E-state index is -0.136. The quantitative estimate of drug-likeness (QED) is 0.469. The van der Waals surface area contributed by atoms with Crippen molar-refractivity contribution in [2.45, 2.75) is 31.8 Å². The third-order valence-electron chi connectivity index (χ3n) is 2.16. The van der Waals surface area contributed by atoms with E-state index in [1.807, 2.05) is 13.3 Å². The normalized spacial score (nSPS) is 32.8. The van der Waals surface area contributed by atoms with Crippen LogP contribution in [-0.4, -0.2) is 24.2 Å². The maximum atomic E-state index is 10.0. The number of isocyanates is 2. The van der Waals surface area contributed by atoms with Crippen LogP contribution in [0.1, 0.15) is 19.8 Å². The van der Waals surface area contributed by atoms with Crippen molar-refractivity contribution < 1.29 is 9.59 Å². The van der Waals surface area contributed by atoms with Gasteiger partial charge in [0.25, 0.3) is 0 Å². The Bertz CT molecular complexity index is 239. The van der Waals surface area contributed by atoms with E-state index < -0.39 is 0 Å². The molecule has 0 aromatic carbocycles. The summed E-state index contributed by atoms with van der Waals surface area (Å²) in [5, 5.41) is 0. The number of hydrogen-bond acceptors (Lipinski definition) is 4. The van der Waals surface area contributed by atoms with E-state index in [0.29, 0.717) is 12.3 Å². The van der Waals surface area contributed by atoms with Crippen LogP contribution < -0.4 is 0 Å². The standard InChI is InChI=1S/C9H11N2O2/c1-7-2-8(10-5-12)4-9(3-7)11-6-13/h2,7-9H,3-4H2,1H3. The van der Waals surface area contributed by atoms with E-state index >= 15 is 0 Å². The molecule has 3 unspecified atom stereocenters. The van der Waals surface area contributed by atoms with Gasteiger partial charge in [0.2, 0.25) is 12.2 Å². The molecule has 13 heavy (non-hydrogen) atoms. The lowest BCUT2D eigenvalue weighted by Crippen LogP contribution is -2.27. The zero-order valence-corrected chi connectivity index (χ0v) is 7.43. The molecular formula is C9H11N2O2. The van der Waals surface area contributed by atoms with Crippen molar-refractivity contribution in [3.8, 4) is 0 Å². The summed E-state index contributed by atoms with van der Waals surface area (Å²) >= 11 is 0. The van der Waals surface area contributed by atoms with Crippen molar-refractivity contribution in [2.24, 2.45) is 15.9 Å². The van der Waals surface area contributed by atoms with Crippen LogP contribution in [0.15, 0.2) is 9.98 Å². The third-order valence-corrected chi connectivity index (χ3v) is 2.16. The predicted molar refractivity (Wildman–Crippen MR) is 46.5 cm³/mol. The van der Waals surface area contributed by atoms with Gasteiger partial charge >= 0.3 is 0 Å². The Hall–Kier alpha value is -1.24. The van der Waals surface area contributed by atoms with Crippen molar-refractivity contribution >= 4 is 12.2 Å².